The lowest BCUT2D eigenvalue weighted by molar-refractivity contribution is -0.384. The van der Waals surface area contributed by atoms with E-state index in [4.69, 9.17) is 0 Å². The molecule has 0 aliphatic carbocycles. The highest BCUT2D eigenvalue weighted by molar-refractivity contribution is 8.01. The number of nitrogens with one attached hydrogen (secondary N) is 1. The fourth-order valence-electron chi connectivity index (χ4n) is 3.30. The summed E-state index contributed by atoms with van der Waals surface area (Å²) in [5.74, 6) is -0.170. The van der Waals surface area contributed by atoms with Crippen LogP contribution in [0, 0.1) is 10.1 Å². The van der Waals surface area contributed by atoms with E-state index in [-0.39, 0.29) is 17.3 Å². The summed E-state index contributed by atoms with van der Waals surface area (Å²) in [6.45, 7) is 0. The predicted molar refractivity (Wildman–Crippen MR) is 143 cm³/mol. The Labute approximate surface area is 222 Å². The van der Waals surface area contributed by atoms with Gasteiger partial charge in [0.25, 0.3) is 11.6 Å². The van der Waals surface area contributed by atoms with Crippen molar-refractivity contribution in [1.29, 1.82) is 0 Å². The van der Waals surface area contributed by atoms with E-state index in [0.29, 0.717) is 14.1 Å². The quantitative estimate of drug-likeness (QED) is 0.169. The van der Waals surface area contributed by atoms with Crippen molar-refractivity contribution in [2.45, 2.75) is 4.34 Å². The van der Waals surface area contributed by atoms with Crippen molar-refractivity contribution in [1.82, 2.24) is 25.2 Å². The van der Waals surface area contributed by atoms with Crippen LogP contribution in [-0.4, -0.2) is 36.3 Å². The topological polar surface area (TPSA) is 128 Å². The predicted octanol–water partition coefficient (Wildman–Crippen LogP) is 4.75. The summed E-state index contributed by atoms with van der Waals surface area (Å²) in [4.78, 5) is 28.0. The third-order valence-corrected chi connectivity index (χ3v) is 7.89. The highest BCUT2D eigenvalue weighted by Crippen LogP contribution is 2.28. The standard InChI is InChI=1S/C24H17N7O3S3/c32-21(15-36-24-29-27-22(37-24)19-8-4-5-13-25-19)26-28-23-30(17-6-2-1-3-7-17)20(14-35-23)16-9-11-18(12-10-16)31(33)34/h1-14H,15H2,(H,26,32)/b28-23+. The number of non-ortho nitro benzene ring substituents is 1. The maximum absolute atomic E-state index is 12.5. The molecule has 5 rings (SSSR count). The van der Waals surface area contributed by atoms with Crippen LogP contribution >= 0.6 is 34.4 Å². The lowest BCUT2D eigenvalue weighted by Crippen LogP contribution is -2.25. The van der Waals surface area contributed by atoms with E-state index in [0.717, 1.165) is 22.6 Å². The first-order valence-corrected chi connectivity index (χ1v) is 13.5. The lowest BCUT2D eigenvalue weighted by Gasteiger charge is -2.09. The van der Waals surface area contributed by atoms with E-state index in [1.165, 1.54) is 46.6 Å². The molecule has 10 nitrogen and oxygen atoms in total. The normalized spacial score (nSPS) is 11.4. The number of thioether (sulfide) groups is 1. The Morgan fingerprint density at radius 2 is 1.84 bits per heavy atom. The molecule has 0 bridgehead atoms. The van der Waals surface area contributed by atoms with E-state index in [2.05, 4.69) is 25.7 Å². The minimum absolute atomic E-state index is 0.0162. The van der Waals surface area contributed by atoms with Crippen LogP contribution in [0.5, 0.6) is 0 Å². The zero-order chi connectivity index (χ0) is 25.6. The fraction of sp³-hybridized carbons (Fsp3) is 0.0417. The van der Waals surface area contributed by atoms with Gasteiger partial charge in [-0.15, -0.1) is 26.6 Å². The van der Waals surface area contributed by atoms with Crippen LogP contribution in [0.3, 0.4) is 0 Å². The summed E-state index contributed by atoms with van der Waals surface area (Å²) in [7, 11) is 0. The molecule has 3 aromatic heterocycles. The molecule has 3 heterocycles. The van der Waals surface area contributed by atoms with Crippen molar-refractivity contribution in [2.24, 2.45) is 5.10 Å². The van der Waals surface area contributed by atoms with Crippen LogP contribution in [0.15, 0.2) is 93.8 Å². The Bertz CT molecular complexity index is 1600. The second kappa shape index (κ2) is 11.2. The smallest absolute Gasteiger partial charge is 0.269 e. The number of nitro benzene ring substituents is 1. The highest BCUT2D eigenvalue weighted by atomic mass is 32.2. The van der Waals surface area contributed by atoms with Gasteiger partial charge in [0.15, 0.2) is 9.35 Å². The molecule has 0 radical (unpaired) electrons. The molecule has 0 spiro atoms. The van der Waals surface area contributed by atoms with Gasteiger partial charge >= 0.3 is 0 Å². The summed E-state index contributed by atoms with van der Waals surface area (Å²) < 4.78 is 2.55. The van der Waals surface area contributed by atoms with E-state index in [1.54, 1.807) is 18.3 Å². The van der Waals surface area contributed by atoms with Crippen LogP contribution in [0.2, 0.25) is 0 Å². The first kappa shape index (κ1) is 24.5. The molecule has 2 aromatic carbocycles. The van der Waals surface area contributed by atoms with Crippen molar-refractivity contribution < 1.29 is 9.72 Å². The highest BCUT2D eigenvalue weighted by Gasteiger charge is 2.13. The van der Waals surface area contributed by atoms with Gasteiger partial charge in [-0.1, -0.05) is 47.4 Å². The van der Waals surface area contributed by atoms with Crippen molar-refractivity contribution >= 4 is 46.0 Å². The number of thiazole rings is 1. The van der Waals surface area contributed by atoms with E-state index in [9.17, 15) is 14.9 Å². The second-order valence-corrected chi connectivity index (χ2v) is 10.4. The monoisotopic (exact) mass is 547 g/mol. The lowest BCUT2D eigenvalue weighted by atomic mass is 10.1. The maximum Gasteiger partial charge on any atom is 0.269 e. The third-order valence-electron chi connectivity index (χ3n) is 4.99. The number of rotatable bonds is 8. The molecule has 1 N–H and O–H groups in total. The molecule has 5 aromatic rings. The molecule has 0 saturated heterocycles. The summed E-state index contributed by atoms with van der Waals surface area (Å²) in [5.41, 5.74) is 5.79. The van der Waals surface area contributed by atoms with Gasteiger partial charge in [0.1, 0.15) is 5.69 Å². The molecule has 0 unspecified atom stereocenters. The van der Waals surface area contributed by atoms with Crippen molar-refractivity contribution in [2.75, 3.05) is 5.75 Å². The van der Waals surface area contributed by atoms with Gasteiger partial charge in [0.2, 0.25) is 4.80 Å². The average Bonchev–Trinajstić information content (AvgIpc) is 3.59. The summed E-state index contributed by atoms with van der Waals surface area (Å²) in [5, 5.41) is 26.2. The van der Waals surface area contributed by atoms with Gasteiger partial charge in [-0.2, -0.15) is 0 Å². The molecule has 0 aliphatic rings. The number of hydrogen-bond acceptors (Lipinski definition) is 10. The maximum atomic E-state index is 12.5. The van der Waals surface area contributed by atoms with E-state index < -0.39 is 4.92 Å². The Balaban J connectivity index is 1.34. The Hall–Kier alpha value is -4.20. The van der Waals surface area contributed by atoms with Crippen molar-refractivity contribution in [3.8, 4) is 27.6 Å². The van der Waals surface area contributed by atoms with Gasteiger partial charge < -0.3 is 0 Å². The number of aromatic nitrogens is 4. The SMILES string of the molecule is O=C(CSc1nnc(-c2ccccn2)s1)N/N=c1/scc(-c2ccc([N+](=O)[O-])cc2)n1-c1ccccc1. The van der Waals surface area contributed by atoms with Gasteiger partial charge in [0.05, 0.1) is 16.4 Å². The molecule has 184 valence electrons. The minimum Gasteiger partial charge on any atom is -0.284 e. The number of carbonyl (C=O) groups excluding carboxylic acids is 1. The zero-order valence-electron chi connectivity index (χ0n) is 18.9. The Morgan fingerprint density at radius 3 is 2.57 bits per heavy atom. The number of pyridine rings is 1. The van der Waals surface area contributed by atoms with Crippen molar-refractivity contribution in [3.05, 3.63) is 99.3 Å². The first-order valence-electron chi connectivity index (χ1n) is 10.8. The van der Waals surface area contributed by atoms with E-state index >= 15 is 0 Å². The molecule has 0 fully saturated rings. The number of nitrogens with zero attached hydrogens (tertiary/aromatic N) is 6. The fourth-order valence-corrected chi connectivity index (χ4v) is 5.79. The third kappa shape index (κ3) is 5.80. The van der Waals surface area contributed by atoms with Crippen LogP contribution in [0.4, 0.5) is 5.69 Å². The Morgan fingerprint density at radius 1 is 1.05 bits per heavy atom. The summed E-state index contributed by atoms with van der Waals surface area (Å²) in [6, 6.07) is 21.4. The first-order chi connectivity index (χ1) is 18.1. The van der Waals surface area contributed by atoms with Crippen LogP contribution < -0.4 is 10.2 Å². The molecule has 37 heavy (non-hydrogen) atoms. The number of amides is 1. The molecule has 0 saturated carbocycles. The molecular formula is C24H17N7O3S3. The molecule has 0 atom stereocenters. The second-order valence-electron chi connectivity index (χ2n) is 7.40. The van der Waals surface area contributed by atoms with Gasteiger partial charge in [-0.25, -0.2) is 5.43 Å². The summed E-state index contributed by atoms with van der Waals surface area (Å²) in [6.07, 6.45) is 1.69. The minimum atomic E-state index is -0.432. The van der Waals surface area contributed by atoms with Gasteiger partial charge in [0, 0.05) is 29.4 Å². The number of carbonyl (C=O) groups is 1. The van der Waals surface area contributed by atoms with Crippen LogP contribution in [0.25, 0.3) is 27.6 Å². The number of para-hydroxylation sites is 1. The Kier molecular flexibility index (Phi) is 7.44. The van der Waals surface area contributed by atoms with E-state index in [1.807, 2.05) is 58.5 Å². The largest absolute Gasteiger partial charge is 0.284 e. The van der Waals surface area contributed by atoms with Crippen LogP contribution in [0.1, 0.15) is 0 Å². The number of nitro groups is 1. The van der Waals surface area contributed by atoms with Gasteiger partial charge in [-0.05, 0) is 42.0 Å². The van der Waals surface area contributed by atoms with Crippen molar-refractivity contribution in [3.63, 3.8) is 0 Å². The number of benzene rings is 2. The van der Waals surface area contributed by atoms with Crippen LogP contribution in [-0.2, 0) is 4.79 Å². The molecule has 0 aliphatic heterocycles. The number of hydrogen-bond donors (Lipinski definition) is 1. The van der Waals surface area contributed by atoms with Gasteiger partial charge in [-0.3, -0.25) is 24.5 Å². The molecule has 1 amide bonds. The molecular weight excluding hydrogens is 531 g/mol. The zero-order valence-corrected chi connectivity index (χ0v) is 21.4. The molecule has 13 heteroatoms. The average molecular weight is 548 g/mol. The summed E-state index contributed by atoms with van der Waals surface area (Å²) >= 11 is 3.99.